The van der Waals surface area contributed by atoms with Crippen molar-refractivity contribution in [3.63, 3.8) is 0 Å². The Morgan fingerprint density at radius 2 is 2.00 bits per heavy atom. The molecule has 2 N–H and O–H groups in total. The predicted molar refractivity (Wildman–Crippen MR) is 62.7 cm³/mol. The molecule has 2 aliphatic carbocycles. The molecule has 0 saturated heterocycles. The van der Waals surface area contributed by atoms with Crippen LogP contribution in [0.1, 0.15) is 58.3 Å². The topological polar surface area (TPSA) is 35.2 Å². The maximum absolute atomic E-state index is 6.14. The van der Waals surface area contributed by atoms with Crippen LogP contribution in [-0.2, 0) is 4.74 Å². The van der Waals surface area contributed by atoms with Crippen LogP contribution in [0.25, 0.3) is 0 Å². The molecule has 3 atom stereocenters. The lowest BCUT2D eigenvalue weighted by atomic mass is 9.81. The fraction of sp³-hybridized carbons (Fsp3) is 1.00. The molecule has 2 heteroatoms. The molecule has 88 valence electrons. The molecular weight excluding hydrogens is 186 g/mol. The second-order valence-corrected chi connectivity index (χ2v) is 5.36. The van der Waals surface area contributed by atoms with Crippen molar-refractivity contribution in [2.75, 3.05) is 0 Å². The zero-order valence-electron chi connectivity index (χ0n) is 9.95. The van der Waals surface area contributed by atoms with E-state index in [4.69, 9.17) is 10.5 Å². The average molecular weight is 211 g/mol. The van der Waals surface area contributed by atoms with Crippen LogP contribution in [-0.4, -0.2) is 18.2 Å². The summed E-state index contributed by atoms with van der Waals surface area (Å²) >= 11 is 0. The minimum atomic E-state index is 0.304. The first-order chi connectivity index (χ1) is 7.29. The maximum atomic E-state index is 6.14. The largest absolute Gasteiger partial charge is 0.373 e. The Hall–Kier alpha value is -0.0800. The van der Waals surface area contributed by atoms with Crippen LogP contribution >= 0.6 is 0 Å². The van der Waals surface area contributed by atoms with E-state index in [9.17, 15) is 0 Å². The van der Waals surface area contributed by atoms with E-state index in [1.54, 1.807) is 0 Å². The molecule has 0 aromatic rings. The van der Waals surface area contributed by atoms with Gasteiger partial charge in [-0.2, -0.15) is 0 Å². The Morgan fingerprint density at radius 1 is 1.20 bits per heavy atom. The standard InChI is InChI=1S/C13H25NO/c1-2-4-10-7-8-12(14)13(9-10)15-11-5-3-6-11/h10-13H,2-9,14H2,1H3. The van der Waals surface area contributed by atoms with E-state index in [-0.39, 0.29) is 0 Å². The number of rotatable bonds is 4. The van der Waals surface area contributed by atoms with Gasteiger partial charge in [-0.25, -0.2) is 0 Å². The number of hydrogen-bond acceptors (Lipinski definition) is 2. The lowest BCUT2D eigenvalue weighted by Gasteiger charge is -2.38. The van der Waals surface area contributed by atoms with Crippen LogP contribution in [0.4, 0.5) is 0 Å². The summed E-state index contributed by atoms with van der Waals surface area (Å²) in [7, 11) is 0. The highest BCUT2D eigenvalue weighted by molar-refractivity contribution is 4.85. The first-order valence-electron chi connectivity index (χ1n) is 6.70. The third-order valence-electron chi connectivity index (χ3n) is 4.07. The quantitative estimate of drug-likeness (QED) is 0.776. The highest BCUT2D eigenvalue weighted by Gasteiger charge is 2.31. The first kappa shape index (κ1) is 11.4. The minimum absolute atomic E-state index is 0.304. The smallest absolute Gasteiger partial charge is 0.0732 e. The van der Waals surface area contributed by atoms with Gasteiger partial charge in [-0.15, -0.1) is 0 Å². The Kier molecular flexibility index (Phi) is 4.04. The highest BCUT2D eigenvalue weighted by Crippen LogP contribution is 2.32. The molecule has 0 spiro atoms. The van der Waals surface area contributed by atoms with Crippen LogP contribution in [0.2, 0.25) is 0 Å². The van der Waals surface area contributed by atoms with Gasteiger partial charge < -0.3 is 10.5 Å². The van der Waals surface area contributed by atoms with Gasteiger partial charge in [0.1, 0.15) is 0 Å². The van der Waals surface area contributed by atoms with Gasteiger partial charge in [-0.1, -0.05) is 19.8 Å². The van der Waals surface area contributed by atoms with E-state index in [0.717, 1.165) is 5.92 Å². The number of ether oxygens (including phenoxy) is 1. The van der Waals surface area contributed by atoms with Gasteiger partial charge in [0.25, 0.3) is 0 Å². The Bertz CT molecular complexity index is 191. The van der Waals surface area contributed by atoms with Crippen molar-refractivity contribution in [1.82, 2.24) is 0 Å². The lowest BCUT2D eigenvalue weighted by Crippen LogP contribution is -2.45. The maximum Gasteiger partial charge on any atom is 0.0732 e. The molecule has 15 heavy (non-hydrogen) atoms. The summed E-state index contributed by atoms with van der Waals surface area (Å²) in [5, 5.41) is 0. The number of hydrogen-bond donors (Lipinski definition) is 1. The third kappa shape index (κ3) is 2.94. The molecule has 2 saturated carbocycles. The second-order valence-electron chi connectivity index (χ2n) is 5.36. The fourth-order valence-corrected chi connectivity index (χ4v) is 2.82. The molecule has 0 radical (unpaired) electrons. The fourth-order valence-electron chi connectivity index (χ4n) is 2.82. The Morgan fingerprint density at radius 3 is 2.60 bits per heavy atom. The SMILES string of the molecule is CCCC1CCC(N)C(OC2CCC2)C1. The summed E-state index contributed by atoms with van der Waals surface area (Å²) in [6.07, 6.45) is 11.1. The summed E-state index contributed by atoms with van der Waals surface area (Å²) < 4.78 is 6.09. The van der Waals surface area contributed by atoms with Crippen LogP contribution in [0.5, 0.6) is 0 Å². The average Bonchev–Trinajstić information content (AvgIpc) is 2.16. The van der Waals surface area contributed by atoms with Crippen molar-refractivity contribution < 1.29 is 4.74 Å². The van der Waals surface area contributed by atoms with Crippen LogP contribution in [0, 0.1) is 5.92 Å². The van der Waals surface area contributed by atoms with E-state index in [1.807, 2.05) is 0 Å². The monoisotopic (exact) mass is 211 g/mol. The molecule has 0 aliphatic heterocycles. The van der Waals surface area contributed by atoms with Gasteiger partial charge in [-0.3, -0.25) is 0 Å². The highest BCUT2D eigenvalue weighted by atomic mass is 16.5. The molecule has 0 amide bonds. The third-order valence-corrected chi connectivity index (χ3v) is 4.07. The van der Waals surface area contributed by atoms with Gasteiger partial charge in [-0.05, 0) is 44.4 Å². The van der Waals surface area contributed by atoms with E-state index in [2.05, 4.69) is 6.92 Å². The normalized spacial score (nSPS) is 37.6. The van der Waals surface area contributed by atoms with Crippen molar-refractivity contribution in [1.29, 1.82) is 0 Å². The summed E-state index contributed by atoms with van der Waals surface area (Å²) in [6.45, 7) is 2.27. The molecule has 2 nitrogen and oxygen atoms in total. The minimum Gasteiger partial charge on any atom is -0.373 e. The Labute approximate surface area is 93.6 Å². The second kappa shape index (κ2) is 5.31. The molecule has 3 unspecified atom stereocenters. The van der Waals surface area contributed by atoms with Crippen molar-refractivity contribution >= 4 is 0 Å². The zero-order chi connectivity index (χ0) is 10.7. The summed E-state index contributed by atoms with van der Waals surface area (Å²) in [4.78, 5) is 0. The summed E-state index contributed by atoms with van der Waals surface area (Å²) in [5.41, 5.74) is 6.14. The van der Waals surface area contributed by atoms with Gasteiger partial charge in [0.05, 0.1) is 12.2 Å². The molecule has 2 fully saturated rings. The molecule has 0 aromatic heterocycles. The summed E-state index contributed by atoms with van der Waals surface area (Å²) in [6, 6.07) is 0.304. The molecule has 0 aromatic carbocycles. The number of nitrogens with two attached hydrogens (primary N) is 1. The van der Waals surface area contributed by atoms with Crippen molar-refractivity contribution in [3.8, 4) is 0 Å². The molecule has 2 rings (SSSR count). The van der Waals surface area contributed by atoms with Gasteiger partial charge in [0.2, 0.25) is 0 Å². The lowest BCUT2D eigenvalue weighted by molar-refractivity contribution is -0.0812. The predicted octanol–water partition coefficient (Wildman–Crippen LogP) is 2.85. The van der Waals surface area contributed by atoms with Crippen molar-refractivity contribution in [3.05, 3.63) is 0 Å². The van der Waals surface area contributed by atoms with E-state index < -0.39 is 0 Å². The van der Waals surface area contributed by atoms with Gasteiger partial charge in [0, 0.05) is 6.04 Å². The van der Waals surface area contributed by atoms with Crippen molar-refractivity contribution in [2.24, 2.45) is 11.7 Å². The molecule has 2 aliphatic rings. The van der Waals surface area contributed by atoms with Crippen LogP contribution < -0.4 is 5.73 Å². The molecular formula is C13H25NO. The van der Waals surface area contributed by atoms with Gasteiger partial charge in [0.15, 0.2) is 0 Å². The van der Waals surface area contributed by atoms with Crippen LogP contribution in [0.15, 0.2) is 0 Å². The zero-order valence-corrected chi connectivity index (χ0v) is 9.95. The van der Waals surface area contributed by atoms with Crippen molar-refractivity contribution in [2.45, 2.75) is 76.5 Å². The van der Waals surface area contributed by atoms with E-state index in [0.29, 0.717) is 18.2 Å². The molecule has 0 heterocycles. The van der Waals surface area contributed by atoms with E-state index in [1.165, 1.54) is 51.4 Å². The van der Waals surface area contributed by atoms with E-state index >= 15 is 0 Å². The molecule has 0 bridgehead atoms. The Balaban J connectivity index is 1.78. The summed E-state index contributed by atoms with van der Waals surface area (Å²) in [5.74, 6) is 0.875. The first-order valence-corrected chi connectivity index (χ1v) is 6.70. The van der Waals surface area contributed by atoms with Gasteiger partial charge >= 0.3 is 0 Å². The van der Waals surface area contributed by atoms with Crippen LogP contribution in [0.3, 0.4) is 0 Å².